The zero-order valence-electron chi connectivity index (χ0n) is 15.3. The molecule has 0 radical (unpaired) electrons. The first-order valence-corrected chi connectivity index (χ1v) is 8.54. The molecule has 0 fully saturated rings. The van der Waals surface area contributed by atoms with Crippen molar-refractivity contribution < 1.29 is 24.2 Å². The lowest BCUT2D eigenvalue weighted by molar-refractivity contribution is 0.0420. The Morgan fingerprint density at radius 3 is 2.62 bits per heavy atom. The predicted molar refractivity (Wildman–Crippen MR) is 96.5 cm³/mol. The van der Waals surface area contributed by atoms with Crippen molar-refractivity contribution in [3.8, 4) is 0 Å². The van der Waals surface area contributed by atoms with Crippen molar-refractivity contribution in [2.45, 2.75) is 45.1 Å². The van der Waals surface area contributed by atoms with E-state index in [-0.39, 0.29) is 19.7 Å². The molecule has 0 bridgehead atoms. The molecule has 1 heterocycles. The van der Waals surface area contributed by atoms with Crippen molar-refractivity contribution in [3.05, 3.63) is 48.0 Å². The van der Waals surface area contributed by atoms with Crippen molar-refractivity contribution in [2.75, 3.05) is 13.1 Å². The minimum Gasteiger partial charge on any atom is -0.445 e. The van der Waals surface area contributed by atoms with Gasteiger partial charge in [0, 0.05) is 13.1 Å². The second-order valence-electron chi connectivity index (χ2n) is 7.12. The Morgan fingerprint density at radius 2 is 1.96 bits per heavy atom. The van der Waals surface area contributed by atoms with Gasteiger partial charge >= 0.3 is 12.2 Å². The fraction of sp³-hybridized carbons (Fsp3) is 0.474. The van der Waals surface area contributed by atoms with Crippen LogP contribution in [0.25, 0.3) is 0 Å². The topological polar surface area (TPSA) is 88.1 Å². The van der Waals surface area contributed by atoms with Gasteiger partial charge < -0.3 is 24.8 Å². The van der Waals surface area contributed by atoms with Crippen LogP contribution in [0.2, 0.25) is 0 Å². The number of nitrogens with zero attached hydrogens (tertiary/aromatic N) is 1. The molecule has 1 aromatic rings. The maximum atomic E-state index is 12.3. The SMILES string of the molecule is CC(C)(C)OC(=O)N[C@@H]1CN(C(=O)OCc2ccccc2)CC=C[C@@H]1O. The second kappa shape index (κ2) is 8.71. The highest BCUT2D eigenvalue weighted by Gasteiger charge is 2.29. The van der Waals surface area contributed by atoms with Crippen LogP contribution in [0.3, 0.4) is 0 Å². The normalized spacial score (nSPS) is 20.2. The van der Waals surface area contributed by atoms with Gasteiger partial charge in [0.15, 0.2) is 0 Å². The predicted octanol–water partition coefficient (Wildman–Crippen LogP) is 2.45. The van der Waals surface area contributed by atoms with Gasteiger partial charge in [-0.05, 0) is 26.3 Å². The third-order valence-electron chi connectivity index (χ3n) is 3.65. The average Bonchev–Trinajstić information content (AvgIpc) is 2.74. The standard InChI is InChI=1S/C19H26N2O5/c1-19(2,3)26-17(23)20-15-12-21(11-7-10-16(15)22)18(24)25-13-14-8-5-4-6-9-14/h4-10,15-16,22H,11-13H2,1-3H3,(H,20,23)/t15-,16+/m1/s1. The molecule has 2 atom stereocenters. The van der Waals surface area contributed by atoms with Crippen LogP contribution >= 0.6 is 0 Å². The first-order chi connectivity index (χ1) is 12.2. The molecule has 1 aliphatic rings. The molecule has 7 nitrogen and oxygen atoms in total. The molecule has 0 unspecified atom stereocenters. The van der Waals surface area contributed by atoms with E-state index in [0.29, 0.717) is 0 Å². The molecule has 2 rings (SSSR count). The Labute approximate surface area is 153 Å². The van der Waals surface area contributed by atoms with Crippen LogP contribution in [0, 0.1) is 0 Å². The van der Waals surface area contributed by atoms with Crippen LogP contribution in [0.1, 0.15) is 26.3 Å². The van der Waals surface area contributed by atoms with Crippen LogP contribution < -0.4 is 5.32 Å². The molecule has 1 aliphatic heterocycles. The Balaban J connectivity index is 1.93. The monoisotopic (exact) mass is 362 g/mol. The van der Waals surface area contributed by atoms with Crippen LogP contribution in [0.4, 0.5) is 9.59 Å². The Hall–Kier alpha value is -2.54. The number of carbonyl (C=O) groups is 2. The summed E-state index contributed by atoms with van der Waals surface area (Å²) >= 11 is 0. The van der Waals surface area contributed by atoms with Crippen molar-refractivity contribution in [1.29, 1.82) is 0 Å². The van der Waals surface area contributed by atoms with Gasteiger partial charge in [-0.1, -0.05) is 42.5 Å². The Bertz CT molecular complexity index is 639. The summed E-state index contributed by atoms with van der Waals surface area (Å²) in [4.78, 5) is 25.7. The van der Waals surface area contributed by atoms with E-state index in [9.17, 15) is 14.7 Å². The van der Waals surface area contributed by atoms with Gasteiger partial charge in [-0.15, -0.1) is 0 Å². The Kier molecular flexibility index (Phi) is 6.63. The molecule has 0 aliphatic carbocycles. The quantitative estimate of drug-likeness (QED) is 0.807. The minimum absolute atomic E-state index is 0.112. The average molecular weight is 362 g/mol. The molecule has 26 heavy (non-hydrogen) atoms. The third-order valence-corrected chi connectivity index (χ3v) is 3.65. The fourth-order valence-corrected chi connectivity index (χ4v) is 2.43. The van der Waals surface area contributed by atoms with E-state index >= 15 is 0 Å². The first-order valence-electron chi connectivity index (χ1n) is 8.54. The third kappa shape index (κ3) is 6.40. The summed E-state index contributed by atoms with van der Waals surface area (Å²) in [5.74, 6) is 0. The van der Waals surface area contributed by atoms with Gasteiger partial charge in [0.2, 0.25) is 0 Å². The molecule has 0 spiro atoms. The largest absolute Gasteiger partial charge is 0.445 e. The van der Waals surface area contributed by atoms with Crippen LogP contribution in [-0.4, -0.2) is 53.0 Å². The lowest BCUT2D eigenvalue weighted by Crippen LogP contribution is -2.51. The molecule has 1 aromatic carbocycles. The van der Waals surface area contributed by atoms with Crippen molar-refractivity contribution in [2.24, 2.45) is 0 Å². The molecule has 0 saturated heterocycles. The zero-order valence-corrected chi connectivity index (χ0v) is 15.3. The van der Waals surface area contributed by atoms with E-state index < -0.39 is 29.9 Å². The van der Waals surface area contributed by atoms with Gasteiger partial charge in [0.25, 0.3) is 0 Å². The molecule has 142 valence electrons. The summed E-state index contributed by atoms with van der Waals surface area (Å²) < 4.78 is 10.5. The molecule has 2 amide bonds. The first kappa shape index (κ1) is 19.8. The summed E-state index contributed by atoms with van der Waals surface area (Å²) in [7, 11) is 0. The molecule has 0 saturated carbocycles. The highest BCUT2D eigenvalue weighted by Crippen LogP contribution is 2.11. The number of ether oxygens (including phenoxy) is 2. The number of benzene rings is 1. The van der Waals surface area contributed by atoms with Crippen LogP contribution in [0.5, 0.6) is 0 Å². The lowest BCUT2D eigenvalue weighted by atomic mass is 10.1. The highest BCUT2D eigenvalue weighted by atomic mass is 16.6. The van der Waals surface area contributed by atoms with E-state index in [2.05, 4.69) is 5.32 Å². The molecule has 7 heteroatoms. The minimum atomic E-state index is -0.922. The van der Waals surface area contributed by atoms with Gasteiger partial charge in [0.1, 0.15) is 12.2 Å². The molecular formula is C19H26N2O5. The second-order valence-corrected chi connectivity index (χ2v) is 7.12. The molecule has 0 aromatic heterocycles. The van der Waals surface area contributed by atoms with Crippen molar-refractivity contribution in [3.63, 3.8) is 0 Å². The fourth-order valence-electron chi connectivity index (χ4n) is 2.43. The maximum Gasteiger partial charge on any atom is 0.410 e. The highest BCUT2D eigenvalue weighted by molar-refractivity contribution is 5.70. The summed E-state index contributed by atoms with van der Waals surface area (Å²) in [6, 6.07) is 8.68. The van der Waals surface area contributed by atoms with E-state index in [1.165, 1.54) is 4.90 Å². The number of nitrogens with one attached hydrogen (secondary N) is 1. The van der Waals surface area contributed by atoms with Crippen LogP contribution in [0.15, 0.2) is 42.5 Å². The van der Waals surface area contributed by atoms with Gasteiger partial charge in [0.05, 0.1) is 12.1 Å². The van der Waals surface area contributed by atoms with Gasteiger partial charge in [-0.25, -0.2) is 9.59 Å². The van der Waals surface area contributed by atoms with E-state index in [4.69, 9.17) is 9.47 Å². The molecular weight excluding hydrogens is 336 g/mol. The number of carbonyl (C=O) groups excluding carboxylic acids is 2. The number of aliphatic hydroxyl groups excluding tert-OH is 1. The van der Waals surface area contributed by atoms with Crippen molar-refractivity contribution >= 4 is 12.2 Å². The lowest BCUT2D eigenvalue weighted by Gasteiger charge is -2.28. The van der Waals surface area contributed by atoms with E-state index in [1.54, 1.807) is 32.9 Å². The molecule has 2 N–H and O–H groups in total. The van der Waals surface area contributed by atoms with E-state index in [1.807, 2.05) is 30.3 Å². The van der Waals surface area contributed by atoms with Gasteiger partial charge in [-0.3, -0.25) is 0 Å². The van der Waals surface area contributed by atoms with E-state index in [0.717, 1.165) is 5.56 Å². The maximum absolute atomic E-state index is 12.3. The number of alkyl carbamates (subject to hydrolysis) is 1. The smallest absolute Gasteiger partial charge is 0.410 e. The summed E-state index contributed by atoms with van der Waals surface area (Å²) in [6.45, 7) is 5.82. The summed E-state index contributed by atoms with van der Waals surface area (Å²) in [5.41, 5.74) is 0.235. The summed E-state index contributed by atoms with van der Waals surface area (Å²) in [6.07, 6.45) is 1.14. The number of rotatable bonds is 3. The number of hydrogen-bond acceptors (Lipinski definition) is 5. The summed E-state index contributed by atoms with van der Waals surface area (Å²) in [5, 5.41) is 12.8. The van der Waals surface area contributed by atoms with Crippen LogP contribution in [-0.2, 0) is 16.1 Å². The van der Waals surface area contributed by atoms with Gasteiger partial charge in [-0.2, -0.15) is 0 Å². The Morgan fingerprint density at radius 1 is 1.27 bits per heavy atom. The van der Waals surface area contributed by atoms with Crippen molar-refractivity contribution in [1.82, 2.24) is 10.2 Å². The number of aliphatic hydroxyl groups is 1. The number of amides is 2. The number of hydrogen-bond donors (Lipinski definition) is 2. The zero-order chi connectivity index (χ0) is 19.2.